The minimum absolute atomic E-state index is 0.250. The van der Waals surface area contributed by atoms with Crippen molar-refractivity contribution in [3.8, 4) is 0 Å². The zero-order valence-electron chi connectivity index (χ0n) is 15.7. The van der Waals surface area contributed by atoms with Crippen LogP contribution in [0.1, 0.15) is 110 Å². The number of amides is 1. The van der Waals surface area contributed by atoms with Gasteiger partial charge in [-0.3, -0.25) is 4.79 Å². The van der Waals surface area contributed by atoms with Crippen LogP contribution in [-0.2, 0) is 4.79 Å². The summed E-state index contributed by atoms with van der Waals surface area (Å²) in [4.78, 5) is 11.7. The molecule has 136 valence electrons. The van der Waals surface area contributed by atoms with Crippen molar-refractivity contribution in [2.45, 2.75) is 110 Å². The Morgan fingerprint density at radius 2 is 1.30 bits per heavy atom. The highest BCUT2D eigenvalue weighted by atomic mass is 16.1. The summed E-state index contributed by atoms with van der Waals surface area (Å²) >= 11 is 0. The monoisotopic (exact) mass is 323 g/mol. The van der Waals surface area contributed by atoms with Gasteiger partial charge < -0.3 is 5.32 Å². The first-order valence-electron chi connectivity index (χ1n) is 10.2. The zero-order chi connectivity index (χ0) is 17.0. The molecule has 2 heteroatoms. The van der Waals surface area contributed by atoms with Gasteiger partial charge in [0.2, 0.25) is 5.91 Å². The maximum Gasteiger partial charge on any atom is 0.219 e. The van der Waals surface area contributed by atoms with Gasteiger partial charge in [-0.05, 0) is 25.7 Å². The third-order valence-electron chi connectivity index (χ3n) is 4.41. The van der Waals surface area contributed by atoms with E-state index in [0.29, 0.717) is 6.42 Å². The summed E-state index contributed by atoms with van der Waals surface area (Å²) in [5, 5.41) is 3.06. The van der Waals surface area contributed by atoms with E-state index in [1.54, 1.807) is 0 Å². The van der Waals surface area contributed by atoms with E-state index in [1.165, 1.54) is 77.0 Å². The van der Waals surface area contributed by atoms with E-state index in [-0.39, 0.29) is 5.91 Å². The average Bonchev–Trinajstić information content (AvgIpc) is 2.56. The fourth-order valence-corrected chi connectivity index (χ4v) is 2.86. The second-order valence-electron chi connectivity index (χ2n) is 6.77. The summed E-state index contributed by atoms with van der Waals surface area (Å²) in [7, 11) is 0. The Morgan fingerprint density at radius 3 is 1.91 bits per heavy atom. The number of rotatable bonds is 18. The van der Waals surface area contributed by atoms with Gasteiger partial charge in [-0.2, -0.15) is 0 Å². The lowest BCUT2D eigenvalue weighted by Crippen LogP contribution is -2.23. The van der Waals surface area contributed by atoms with Crippen LogP contribution in [0.4, 0.5) is 0 Å². The summed E-state index contributed by atoms with van der Waals surface area (Å²) in [6.07, 6.45) is 21.8. The van der Waals surface area contributed by atoms with Crippen LogP contribution < -0.4 is 5.32 Å². The lowest BCUT2D eigenvalue weighted by Gasteiger charge is -2.05. The van der Waals surface area contributed by atoms with Gasteiger partial charge in [-0.25, -0.2) is 0 Å². The molecule has 0 aromatic heterocycles. The molecule has 0 fully saturated rings. The maximum atomic E-state index is 11.7. The second-order valence-corrected chi connectivity index (χ2v) is 6.77. The van der Waals surface area contributed by atoms with Crippen molar-refractivity contribution in [1.82, 2.24) is 5.32 Å². The van der Waals surface area contributed by atoms with Gasteiger partial charge in [0, 0.05) is 13.0 Å². The molecule has 0 unspecified atom stereocenters. The molecule has 0 aliphatic rings. The van der Waals surface area contributed by atoms with E-state index in [2.05, 4.69) is 18.8 Å². The molecule has 1 amide bonds. The van der Waals surface area contributed by atoms with E-state index in [4.69, 9.17) is 0 Å². The first-order valence-corrected chi connectivity index (χ1v) is 10.2. The van der Waals surface area contributed by atoms with Crippen molar-refractivity contribution in [2.24, 2.45) is 0 Å². The average molecular weight is 324 g/mol. The lowest BCUT2D eigenvalue weighted by atomic mass is 10.1. The normalized spacial score (nSPS) is 10.7. The van der Waals surface area contributed by atoms with Crippen LogP contribution in [0.15, 0.2) is 12.7 Å². The molecule has 0 atom stereocenters. The number of hydrogen-bond acceptors (Lipinski definition) is 1. The number of hydrogen-bond donors (Lipinski definition) is 1. The van der Waals surface area contributed by atoms with Gasteiger partial charge in [0.25, 0.3) is 0 Å². The fraction of sp³-hybridized carbons (Fsp3) is 0.857. The molecule has 0 aromatic rings. The van der Waals surface area contributed by atoms with E-state index < -0.39 is 0 Å². The SMILES string of the molecule is C=CCCCCCCCCC(=O)NCCCCCCCCCC. The van der Waals surface area contributed by atoms with E-state index in [9.17, 15) is 4.79 Å². The van der Waals surface area contributed by atoms with Crippen molar-refractivity contribution in [2.75, 3.05) is 6.54 Å². The summed E-state index contributed by atoms with van der Waals surface area (Å²) in [6, 6.07) is 0. The van der Waals surface area contributed by atoms with Crippen molar-refractivity contribution >= 4 is 5.91 Å². The summed E-state index contributed by atoms with van der Waals surface area (Å²) < 4.78 is 0. The third kappa shape index (κ3) is 19.2. The van der Waals surface area contributed by atoms with Crippen LogP contribution in [0.2, 0.25) is 0 Å². The highest BCUT2D eigenvalue weighted by molar-refractivity contribution is 5.75. The Balaban J connectivity index is 3.14. The topological polar surface area (TPSA) is 29.1 Å². The van der Waals surface area contributed by atoms with Crippen LogP contribution in [-0.4, -0.2) is 12.5 Å². The highest BCUT2D eigenvalue weighted by Gasteiger charge is 2.00. The Labute approximate surface area is 145 Å². The molecule has 0 spiro atoms. The lowest BCUT2D eigenvalue weighted by molar-refractivity contribution is -0.121. The van der Waals surface area contributed by atoms with E-state index in [1.807, 2.05) is 6.08 Å². The van der Waals surface area contributed by atoms with Crippen molar-refractivity contribution in [3.05, 3.63) is 12.7 Å². The highest BCUT2D eigenvalue weighted by Crippen LogP contribution is 2.09. The summed E-state index contributed by atoms with van der Waals surface area (Å²) in [5.41, 5.74) is 0. The smallest absolute Gasteiger partial charge is 0.219 e. The Bertz CT molecular complexity index is 263. The number of unbranched alkanes of at least 4 members (excludes halogenated alkanes) is 13. The van der Waals surface area contributed by atoms with Crippen LogP contribution >= 0.6 is 0 Å². The predicted molar refractivity (Wildman–Crippen MR) is 103 cm³/mol. The molecule has 0 aliphatic carbocycles. The summed E-state index contributed by atoms with van der Waals surface area (Å²) in [6.45, 7) is 6.87. The molecule has 0 radical (unpaired) electrons. The van der Waals surface area contributed by atoms with Gasteiger partial charge in [-0.1, -0.05) is 83.6 Å². The van der Waals surface area contributed by atoms with Crippen molar-refractivity contribution in [1.29, 1.82) is 0 Å². The molecule has 0 saturated heterocycles. The first-order chi connectivity index (χ1) is 11.3. The zero-order valence-corrected chi connectivity index (χ0v) is 15.7. The molecule has 2 nitrogen and oxygen atoms in total. The molecule has 0 heterocycles. The molecule has 0 aliphatic heterocycles. The molecule has 0 saturated carbocycles. The van der Waals surface area contributed by atoms with Gasteiger partial charge in [0.1, 0.15) is 0 Å². The van der Waals surface area contributed by atoms with Gasteiger partial charge in [-0.15, -0.1) is 6.58 Å². The van der Waals surface area contributed by atoms with Gasteiger partial charge in [0.15, 0.2) is 0 Å². The third-order valence-corrected chi connectivity index (χ3v) is 4.41. The molecule has 0 bridgehead atoms. The number of nitrogens with one attached hydrogen (secondary N) is 1. The standard InChI is InChI=1S/C21H41NO/c1-3-5-7-9-11-13-15-17-19-21(23)22-20-18-16-14-12-10-8-6-4-2/h3H,1,4-20H2,2H3,(H,22,23). The Morgan fingerprint density at radius 1 is 0.783 bits per heavy atom. The van der Waals surface area contributed by atoms with Crippen molar-refractivity contribution < 1.29 is 4.79 Å². The van der Waals surface area contributed by atoms with Gasteiger partial charge in [0.05, 0.1) is 0 Å². The summed E-state index contributed by atoms with van der Waals surface area (Å²) in [5.74, 6) is 0.250. The Hall–Kier alpha value is -0.790. The second kappa shape index (κ2) is 19.3. The van der Waals surface area contributed by atoms with Crippen LogP contribution in [0.3, 0.4) is 0 Å². The van der Waals surface area contributed by atoms with Gasteiger partial charge >= 0.3 is 0 Å². The largest absolute Gasteiger partial charge is 0.356 e. The number of carbonyl (C=O) groups excluding carboxylic acids is 1. The first kappa shape index (κ1) is 22.2. The van der Waals surface area contributed by atoms with Crippen LogP contribution in [0.5, 0.6) is 0 Å². The van der Waals surface area contributed by atoms with Crippen molar-refractivity contribution in [3.63, 3.8) is 0 Å². The minimum Gasteiger partial charge on any atom is -0.356 e. The predicted octanol–water partition coefficient (Wildman–Crippen LogP) is 6.55. The molecule has 0 rings (SSSR count). The van der Waals surface area contributed by atoms with E-state index in [0.717, 1.165) is 25.8 Å². The quantitative estimate of drug-likeness (QED) is 0.225. The van der Waals surface area contributed by atoms with Crippen LogP contribution in [0, 0.1) is 0 Å². The fourth-order valence-electron chi connectivity index (χ4n) is 2.86. The number of allylic oxidation sites excluding steroid dienone is 1. The maximum absolute atomic E-state index is 11.7. The minimum atomic E-state index is 0.250. The van der Waals surface area contributed by atoms with Crippen LogP contribution in [0.25, 0.3) is 0 Å². The molecular weight excluding hydrogens is 282 g/mol. The molecule has 0 aromatic carbocycles. The molecule has 23 heavy (non-hydrogen) atoms. The molecule has 1 N–H and O–H groups in total. The van der Waals surface area contributed by atoms with E-state index >= 15 is 0 Å². The number of carbonyl (C=O) groups is 1. The molecular formula is C21H41NO. The Kier molecular flexibility index (Phi) is 18.6.